The largest absolute Gasteiger partial charge is 0.378 e. The molecule has 0 aromatic heterocycles. The Morgan fingerprint density at radius 1 is 1.05 bits per heavy atom. The van der Waals surface area contributed by atoms with Crippen molar-refractivity contribution < 1.29 is 0 Å². The molecule has 1 atom stereocenters. The number of rotatable bonds is 9. The van der Waals surface area contributed by atoms with Crippen molar-refractivity contribution in [2.75, 3.05) is 40.9 Å². The van der Waals surface area contributed by atoms with Crippen LogP contribution in [0.15, 0.2) is 23.4 Å². The quantitative estimate of drug-likeness (QED) is 0.474. The zero-order valence-corrected chi connectivity index (χ0v) is 14.9. The standard InChI is InChI=1S/C17H35N3/c1-9-18(6)14-20(8)17(5)12-13-19(7)16(4)11-10-15(2)3/h10-11,17H,9,12-14H2,1-8H3. The summed E-state index contributed by atoms with van der Waals surface area (Å²) in [6.07, 6.45) is 5.57. The molecule has 0 radical (unpaired) electrons. The van der Waals surface area contributed by atoms with Gasteiger partial charge in [0, 0.05) is 25.3 Å². The molecule has 0 aliphatic carbocycles. The summed E-state index contributed by atoms with van der Waals surface area (Å²) >= 11 is 0. The van der Waals surface area contributed by atoms with Gasteiger partial charge >= 0.3 is 0 Å². The third-order valence-corrected chi connectivity index (χ3v) is 3.90. The van der Waals surface area contributed by atoms with Crippen LogP contribution >= 0.6 is 0 Å². The summed E-state index contributed by atoms with van der Waals surface area (Å²) in [5, 5.41) is 0. The molecule has 0 saturated carbocycles. The predicted octanol–water partition coefficient (Wildman–Crippen LogP) is 3.41. The minimum atomic E-state index is 0.600. The molecular formula is C17H35N3. The van der Waals surface area contributed by atoms with Gasteiger partial charge < -0.3 is 4.90 Å². The lowest BCUT2D eigenvalue weighted by molar-refractivity contribution is 0.140. The molecule has 3 nitrogen and oxygen atoms in total. The Morgan fingerprint density at radius 2 is 1.65 bits per heavy atom. The molecular weight excluding hydrogens is 246 g/mol. The lowest BCUT2D eigenvalue weighted by Gasteiger charge is -2.30. The second-order valence-electron chi connectivity index (χ2n) is 6.18. The highest BCUT2D eigenvalue weighted by atomic mass is 15.3. The number of allylic oxidation sites excluding steroid dienone is 4. The maximum atomic E-state index is 2.42. The number of nitrogens with zero attached hydrogens (tertiary/aromatic N) is 3. The van der Waals surface area contributed by atoms with E-state index in [1.54, 1.807) is 0 Å². The van der Waals surface area contributed by atoms with Crippen LogP contribution in [-0.4, -0.2) is 61.6 Å². The van der Waals surface area contributed by atoms with Crippen molar-refractivity contribution in [2.24, 2.45) is 0 Å². The van der Waals surface area contributed by atoms with Crippen molar-refractivity contribution in [1.82, 2.24) is 14.7 Å². The van der Waals surface area contributed by atoms with Crippen molar-refractivity contribution in [3.63, 3.8) is 0 Å². The molecule has 0 amide bonds. The van der Waals surface area contributed by atoms with E-state index in [0.29, 0.717) is 6.04 Å². The van der Waals surface area contributed by atoms with E-state index in [2.05, 4.69) is 82.6 Å². The van der Waals surface area contributed by atoms with E-state index >= 15 is 0 Å². The Hall–Kier alpha value is -0.800. The van der Waals surface area contributed by atoms with E-state index in [-0.39, 0.29) is 0 Å². The highest BCUT2D eigenvalue weighted by Crippen LogP contribution is 2.07. The van der Waals surface area contributed by atoms with Crippen LogP contribution in [0.5, 0.6) is 0 Å². The van der Waals surface area contributed by atoms with E-state index < -0.39 is 0 Å². The molecule has 0 rings (SSSR count). The molecule has 20 heavy (non-hydrogen) atoms. The van der Waals surface area contributed by atoms with Crippen LogP contribution in [-0.2, 0) is 0 Å². The third kappa shape index (κ3) is 8.39. The van der Waals surface area contributed by atoms with Crippen LogP contribution < -0.4 is 0 Å². The third-order valence-electron chi connectivity index (χ3n) is 3.90. The molecule has 3 heteroatoms. The fourth-order valence-corrected chi connectivity index (χ4v) is 1.81. The maximum Gasteiger partial charge on any atom is 0.0503 e. The van der Waals surface area contributed by atoms with E-state index in [1.807, 2.05) is 0 Å². The molecule has 1 unspecified atom stereocenters. The van der Waals surface area contributed by atoms with Gasteiger partial charge in [0.05, 0.1) is 6.67 Å². The lowest BCUT2D eigenvalue weighted by atomic mass is 10.2. The van der Waals surface area contributed by atoms with Crippen LogP contribution in [0.3, 0.4) is 0 Å². The highest BCUT2D eigenvalue weighted by molar-refractivity contribution is 5.13. The molecule has 0 aromatic rings. The zero-order valence-electron chi connectivity index (χ0n) is 14.9. The molecule has 0 bridgehead atoms. The van der Waals surface area contributed by atoms with Crippen molar-refractivity contribution in [1.29, 1.82) is 0 Å². The second kappa shape index (κ2) is 10.0. The summed E-state index contributed by atoms with van der Waals surface area (Å²) in [6.45, 7) is 14.2. The van der Waals surface area contributed by atoms with E-state index in [0.717, 1.165) is 19.8 Å². The van der Waals surface area contributed by atoms with Gasteiger partial charge in [0.1, 0.15) is 0 Å². The van der Waals surface area contributed by atoms with Crippen LogP contribution in [0.25, 0.3) is 0 Å². The summed E-state index contributed by atoms with van der Waals surface area (Å²) < 4.78 is 0. The summed E-state index contributed by atoms with van der Waals surface area (Å²) in [6, 6.07) is 0.600. The average Bonchev–Trinajstić information content (AvgIpc) is 2.40. The Morgan fingerprint density at radius 3 is 2.15 bits per heavy atom. The first-order valence-electron chi connectivity index (χ1n) is 7.69. The summed E-state index contributed by atoms with van der Waals surface area (Å²) in [5.41, 5.74) is 2.67. The van der Waals surface area contributed by atoms with Gasteiger partial charge in [-0.25, -0.2) is 0 Å². The molecule has 0 N–H and O–H groups in total. The smallest absolute Gasteiger partial charge is 0.0503 e. The fraction of sp³-hybridized carbons (Fsp3) is 0.765. The maximum absolute atomic E-state index is 2.42. The van der Waals surface area contributed by atoms with Crippen molar-refractivity contribution in [3.05, 3.63) is 23.4 Å². The first-order valence-corrected chi connectivity index (χ1v) is 7.69. The highest BCUT2D eigenvalue weighted by Gasteiger charge is 2.11. The monoisotopic (exact) mass is 281 g/mol. The molecule has 0 aliphatic rings. The van der Waals surface area contributed by atoms with E-state index in [1.165, 1.54) is 17.7 Å². The first-order chi connectivity index (χ1) is 9.27. The van der Waals surface area contributed by atoms with Gasteiger partial charge in [0.15, 0.2) is 0 Å². The summed E-state index contributed by atoms with van der Waals surface area (Å²) in [5.74, 6) is 0. The van der Waals surface area contributed by atoms with Gasteiger partial charge in [0.25, 0.3) is 0 Å². The number of hydrogen-bond acceptors (Lipinski definition) is 3. The topological polar surface area (TPSA) is 9.72 Å². The van der Waals surface area contributed by atoms with Crippen molar-refractivity contribution in [3.8, 4) is 0 Å². The van der Waals surface area contributed by atoms with Gasteiger partial charge in [-0.3, -0.25) is 9.80 Å². The first kappa shape index (κ1) is 19.2. The van der Waals surface area contributed by atoms with Crippen LogP contribution in [0.1, 0.15) is 41.0 Å². The average molecular weight is 281 g/mol. The zero-order chi connectivity index (χ0) is 15.7. The van der Waals surface area contributed by atoms with Crippen LogP contribution in [0.2, 0.25) is 0 Å². The Bertz CT molecular complexity index is 316. The molecule has 0 fully saturated rings. The fourth-order valence-electron chi connectivity index (χ4n) is 1.81. The molecule has 0 aromatic carbocycles. The van der Waals surface area contributed by atoms with Gasteiger partial charge in [-0.15, -0.1) is 0 Å². The minimum Gasteiger partial charge on any atom is -0.378 e. The van der Waals surface area contributed by atoms with Crippen molar-refractivity contribution in [2.45, 2.75) is 47.1 Å². The summed E-state index contributed by atoms with van der Waals surface area (Å²) in [4.78, 5) is 7.10. The van der Waals surface area contributed by atoms with Crippen LogP contribution in [0.4, 0.5) is 0 Å². The Kier molecular flexibility index (Phi) is 9.60. The predicted molar refractivity (Wildman–Crippen MR) is 90.8 cm³/mol. The van der Waals surface area contributed by atoms with Gasteiger partial charge in [-0.05, 0) is 60.8 Å². The molecule has 0 aliphatic heterocycles. The summed E-state index contributed by atoms with van der Waals surface area (Å²) in [7, 11) is 6.56. The molecule has 0 saturated heterocycles. The molecule has 118 valence electrons. The molecule has 0 heterocycles. The second-order valence-corrected chi connectivity index (χ2v) is 6.18. The molecule has 0 spiro atoms. The van der Waals surface area contributed by atoms with E-state index in [9.17, 15) is 0 Å². The SMILES string of the molecule is CCN(C)CN(C)C(C)CCN(C)C(C)=CC=C(C)C. The minimum absolute atomic E-state index is 0.600. The number of hydrogen-bond donors (Lipinski definition) is 0. The Balaban J connectivity index is 4.20. The van der Waals surface area contributed by atoms with Crippen LogP contribution in [0, 0.1) is 0 Å². The van der Waals surface area contributed by atoms with Gasteiger partial charge in [0.2, 0.25) is 0 Å². The Labute approximate surface area is 126 Å². The normalized spacial score (nSPS) is 13.8. The van der Waals surface area contributed by atoms with Gasteiger partial charge in [-0.2, -0.15) is 0 Å². The van der Waals surface area contributed by atoms with Crippen molar-refractivity contribution >= 4 is 0 Å². The lowest BCUT2D eigenvalue weighted by Crippen LogP contribution is -2.39. The van der Waals surface area contributed by atoms with E-state index in [4.69, 9.17) is 0 Å². The van der Waals surface area contributed by atoms with Gasteiger partial charge in [-0.1, -0.05) is 18.6 Å².